The van der Waals surface area contributed by atoms with Crippen LogP contribution in [-0.2, 0) is 103 Å². The SMILES string of the molecule is COc1ccc(OC[C@H]2O[C@@H](O)[C@H](OCc3ccccc3)[C@@H](OCc3ccccc3)[C@H]2O[C@H]2O[C@H](CO)[C@H](O[C@H]3O[C@H](COc4ccc(OC)cc4)[C@H](OCc4ccccc4)[C@H](OCc4ccccc4)[C@H]3OCc3ccccc3)[C@H](OCc3ccccc3)[C@H]2OCc2ccccc2)cc1. The van der Waals surface area contributed by atoms with Crippen LogP contribution in [-0.4, -0.2) is 136 Å². The zero-order valence-electron chi connectivity index (χ0n) is 55.5. The highest BCUT2D eigenvalue weighted by atomic mass is 16.8. The van der Waals surface area contributed by atoms with Crippen molar-refractivity contribution in [2.45, 2.75) is 138 Å². The van der Waals surface area contributed by atoms with Gasteiger partial charge in [0.2, 0.25) is 0 Å². The summed E-state index contributed by atoms with van der Waals surface area (Å²) in [6, 6.07) is 82.8. The van der Waals surface area contributed by atoms with Gasteiger partial charge in [-0.05, 0) is 87.5 Å². The molecule has 3 saturated heterocycles. The number of aliphatic hydroxyl groups excluding tert-OH is 2. The van der Waals surface area contributed by atoms with Gasteiger partial charge in [0, 0.05) is 0 Å². The monoisotopic (exact) mass is 1350 g/mol. The van der Waals surface area contributed by atoms with Crippen LogP contribution < -0.4 is 18.9 Å². The topological polar surface area (TPSA) is 188 Å². The number of methoxy groups -OCH3 is 2. The molecule has 15 atom stereocenters. The van der Waals surface area contributed by atoms with Crippen LogP contribution in [0.2, 0.25) is 0 Å². The first kappa shape index (κ1) is 70.5. The van der Waals surface area contributed by atoms with E-state index in [4.69, 9.17) is 75.8 Å². The number of rotatable bonds is 34. The normalized spacial score (nSPS) is 25.3. The van der Waals surface area contributed by atoms with E-state index in [1.165, 1.54) is 0 Å². The second kappa shape index (κ2) is 36.6. The van der Waals surface area contributed by atoms with Crippen LogP contribution in [0, 0.1) is 0 Å². The fourth-order valence-corrected chi connectivity index (χ4v) is 12.3. The van der Waals surface area contributed by atoms with Gasteiger partial charge in [-0.15, -0.1) is 0 Å². The van der Waals surface area contributed by atoms with Crippen molar-refractivity contribution in [3.05, 3.63) is 300 Å². The second-order valence-electron chi connectivity index (χ2n) is 24.3. The van der Waals surface area contributed by atoms with Crippen LogP contribution in [0.3, 0.4) is 0 Å². The molecule has 18 heteroatoms. The lowest BCUT2D eigenvalue weighted by atomic mass is 9.95. The molecule has 3 heterocycles. The van der Waals surface area contributed by atoms with E-state index in [9.17, 15) is 10.2 Å². The Morgan fingerprint density at radius 2 is 0.525 bits per heavy atom. The Hall–Kier alpha value is -8.38. The Bertz CT molecular complexity index is 3700. The summed E-state index contributed by atoms with van der Waals surface area (Å²) < 4.78 is 110. The number of hydrogen-bond donors (Lipinski definition) is 2. The summed E-state index contributed by atoms with van der Waals surface area (Å²) in [5, 5.41) is 24.4. The average molecular weight is 1350 g/mol. The van der Waals surface area contributed by atoms with Crippen molar-refractivity contribution in [1.29, 1.82) is 0 Å². The maximum Gasteiger partial charge on any atom is 0.187 e. The zero-order chi connectivity index (χ0) is 67.8. The summed E-state index contributed by atoms with van der Waals surface area (Å²) in [6.07, 6.45) is -17.2. The molecule has 0 bridgehead atoms. The lowest BCUT2D eigenvalue weighted by Crippen LogP contribution is -2.68. The molecule has 0 radical (unpaired) electrons. The molecular formula is C81H86O18. The van der Waals surface area contributed by atoms with Gasteiger partial charge in [-0.2, -0.15) is 0 Å². The summed E-state index contributed by atoms with van der Waals surface area (Å²) >= 11 is 0. The van der Waals surface area contributed by atoms with Gasteiger partial charge in [-0.3, -0.25) is 0 Å². The van der Waals surface area contributed by atoms with Gasteiger partial charge in [0.15, 0.2) is 18.9 Å². The molecule has 9 aromatic carbocycles. The molecule has 12 rings (SSSR count). The quantitative estimate of drug-likeness (QED) is 0.0387. The van der Waals surface area contributed by atoms with Gasteiger partial charge in [-0.25, -0.2) is 0 Å². The number of aliphatic hydroxyl groups is 2. The van der Waals surface area contributed by atoms with Gasteiger partial charge in [0.05, 0.1) is 67.1 Å². The van der Waals surface area contributed by atoms with E-state index in [1.54, 1.807) is 38.5 Å². The summed E-state index contributed by atoms with van der Waals surface area (Å²) in [6.45, 7) is -0.0797. The largest absolute Gasteiger partial charge is 0.497 e. The second-order valence-corrected chi connectivity index (χ2v) is 24.3. The highest BCUT2D eigenvalue weighted by Gasteiger charge is 2.57. The molecular weight excluding hydrogens is 1260 g/mol. The van der Waals surface area contributed by atoms with Crippen LogP contribution in [0.15, 0.2) is 261 Å². The minimum Gasteiger partial charge on any atom is -0.497 e. The van der Waals surface area contributed by atoms with Gasteiger partial charge in [0.25, 0.3) is 0 Å². The highest BCUT2D eigenvalue weighted by molar-refractivity contribution is 5.32. The lowest BCUT2D eigenvalue weighted by molar-refractivity contribution is -0.392. The predicted octanol–water partition coefficient (Wildman–Crippen LogP) is 12.2. The Kier molecular flexibility index (Phi) is 26.1. The van der Waals surface area contributed by atoms with E-state index < -0.39 is 98.7 Å². The first-order chi connectivity index (χ1) is 48.8. The van der Waals surface area contributed by atoms with Crippen molar-refractivity contribution < 1.29 is 86.0 Å². The lowest BCUT2D eigenvalue weighted by Gasteiger charge is -2.51. The average Bonchev–Trinajstić information content (AvgIpc) is 0.767. The standard InChI is InChI=1S/C81H86O18/c1-84-63-38-42-65(43-39-63)86-54-68-70(88-47-56-24-10-3-11-25-56)73(89-48-57-26-12-4-13-27-57)77(93-52-61-34-20-8-21-35-61)81(97-68)98-71-67(46-82)96-80(78(94-53-62-36-22-9-23-37-62)75(71)91-50-59-30-16-6-17-31-59)99-72-69(55-87-66-44-40-64(85-2)41-45-66)95-79(83)76(92-51-60-32-18-7-19-33-60)74(72)90-49-58-28-14-5-15-29-58/h3-45,67-83H,46-55H2,1-2H3/t67-,68-,69-,70+,71+,72+,73+,74+,75+,76-,77-,78-,79-,80-,81-/m1/s1. The van der Waals surface area contributed by atoms with Crippen molar-refractivity contribution in [1.82, 2.24) is 0 Å². The maximum atomic E-state index is 12.3. The van der Waals surface area contributed by atoms with Crippen LogP contribution in [0.5, 0.6) is 23.0 Å². The van der Waals surface area contributed by atoms with Crippen molar-refractivity contribution in [2.24, 2.45) is 0 Å². The first-order valence-electron chi connectivity index (χ1n) is 33.5. The molecule has 3 aliphatic rings. The van der Waals surface area contributed by atoms with Crippen LogP contribution >= 0.6 is 0 Å². The third-order valence-electron chi connectivity index (χ3n) is 17.5. The smallest absolute Gasteiger partial charge is 0.187 e. The third kappa shape index (κ3) is 19.8. The number of hydrogen-bond acceptors (Lipinski definition) is 18. The summed E-state index contributed by atoms with van der Waals surface area (Å²) in [7, 11) is 3.20. The molecule has 3 aliphatic heterocycles. The van der Waals surface area contributed by atoms with E-state index >= 15 is 0 Å². The summed E-state index contributed by atoms with van der Waals surface area (Å²) in [4.78, 5) is 0. The van der Waals surface area contributed by atoms with Gasteiger partial charge >= 0.3 is 0 Å². The Labute approximate surface area is 578 Å². The van der Waals surface area contributed by atoms with E-state index in [2.05, 4.69) is 0 Å². The Balaban J connectivity index is 0.953. The molecule has 99 heavy (non-hydrogen) atoms. The Morgan fingerprint density at radius 3 is 0.848 bits per heavy atom. The molecule has 0 spiro atoms. The van der Waals surface area contributed by atoms with E-state index in [0.29, 0.717) is 23.0 Å². The molecule has 0 unspecified atom stereocenters. The van der Waals surface area contributed by atoms with Crippen LogP contribution in [0.1, 0.15) is 38.9 Å². The minimum absolute atomic E-state index is 0.0371. The van der Waals surface area contributed by atoms with E-state index in [-0.39, 0.29) is 59.5 Å². The maximum absolute atomic E-state index is 12.3. The fourth-order valence-electron chi connectivity index (χ4n) is 12.3. The fraction of sp³-hybridized carbons (Fsp3) is 0.333. The van der Waals surface area contributed by atoms with Crippen molar-refractivity contribution >= 4 is 0 Å². The first-order valence-corrected chi connectivity index (χ1v) is 33.5. The Morgan fingerprint density at radius 1 is 0.273 bits per heavy atom. The van der Waals surface area contributed by atoms with E-state index in [1.807, 2.05) is 237 Å². The van der Waals surface area contributed by atoms with Gasteiger partial charge < -0.3 is 86.0 Å². The molecule has 9 aromatic rings. The molecule has 0 aromatic heterocycles. The number of ether oxygens (including phenoxy) is 16. The van der Waals surface area contributed by atoms with Gasteiger partial charge in [0.1, 0.15) is 109 Å². The minimum atomic E-state index is -1.54. The van der Waals surface area contributed by atoms with E-state index in [0.717, 1.165) is 38.9 Å². The summed E-state index contributed by atoms with van der Waals surface area (Å²) in [5.41, 5.74) is 6.08. The molecule has 18 nitrogen and oxygen atoms in total. The van der Waals surface area contributed by atoms with Gasteiger partial charge in [-0.1, -0.05) is 212 Å². The van der Waals surface area contributed by atoms with Crippen LogP contribution in [0.4, 0.5) is 0 Å². The van der Waals surface area contributed by atoms with Crippen molar-refractivity contribution in [3.63, 3.8) is 0 Å². The molecule has 0 saturated carbocycles. The molecule has 2 N–H and O–H groups in total. The highest BCUT2D eigenvalue weighted by Crippen LogP contribution is 2.40. The summed E-state index contributed by atoms with van der Waals surface area (Å²) in [5.74, 6) is 2.35. The third-order valence-corrected chi connectivity index (χ3v) is 17.5. The molecule has 0 amide bonds. The van der Waals surface area contributed by atoms with Crippen molar-refractivity contribution in [3.8, 4) is 23.0 Å². The molecule has 0 aliphatic carbocycles. The predicted molar refractivity (Wildman–Crippen MR) is 367 cm³/mol. The zero-order valence-corrected chi connectivity index (χ0v) is 55.5. The molecule has 3 fully saturated rings. The molecule has 518 valence electrons. The number of benzene rings is 9. The van der Waals surface area contributed by atoms with Crippen molar-refractivity contribution in [2.75, 3.05) is 34.0 Å². The van der Waals surface area contributed by atoms with Crippen LogP contribution in [0.25, 0.3) is 0 Å².